The van der Waals surface area contributed by atoms with Crippen LogP contribution in [0.4, 0.5) is 11.4 Å². The quantitative estimate of drug-likeness (QED) is 0.614. The van der Waals surface area contributed by atoms with Crippen molar-refractivity contribution in [2.75, 3.05) is 11.9 Å². The summed E-state index contributed by atoms with van der Waals surface area (Å²) < 4.78 is 1.08. The number of anilines is 1. The third kappa shape index (κ3) is 4.29. The van der Waals surface area contributed by atoms with Crippen LogP contribution in [0.25, 0.3) is 0 Å². The van der Waals surface area contributed by atoms with E-state index in [2.05, 4.69) is 40.3 Å². The van der Waals surface area contributed by atoms with Crippen LogP contribution < -0.4 is 5.32 Å². The first-order valence-electron chi connectivity index (χ1n) is 6.85. The zero-order chi connectivity index (χ0) is 15.2. The van der Waals surface area contributed by atoms with Crippen molar-refractivity contribution in [1.82, 2.24) is 0 Å². The van der Waals surface area contributed by atoms with Gasteiger partial charge in [0.05, 0.1) is 4.92 Å². The largest absolute Gasteiger partial charge is 0.384 e. The van der Waals surface area contributed by atoms with E-state index in [1.165, 1.54) is 5.56 Å². The van der Waals surface area contributed by atoms with Crippen LogP contribution in [0.3, 0.4) is 0 Å². The molecule has 0 radical (unpaired) electrons. The Bertz CT molecular complexity index is 627. The minimum atomic E-state index is -0.378. The Morgan fingerprint density at radius 3 is 2.52 bits per heavy atom. The highest BCUT2D eigenvalue weighted by molar-refractivity contribution is 9.10. The fourth-order valence-electron chi connectivity index (χ4n) is 2.15. The lowest BCUT2D eigenvalue weighted by molar-refractivity contribution is -0.384. The van der Waals surface area contributed by atoms with Crippen LogP contribution in [0.2, 0.25) is 0 Å². The number of nitro groups is 1. The van der Waals surface area contributed by atoms with Crippen LogP contribution in [-0.2, 0) is 12.8 Å². The van der Waals surface area contributed by atoms with Crippen LogP contribution in [-0.4, -0.2) is 11.5 Å². The Hall–Kier alpha value is -1.88. The molecular formula is C16H17BrN2O2. The molecule has 0 fully saturated rings. The van der Waals surface area contributed by atoms with E-state index in [0.717, 1.165) is 35.1 Å². The maximum absolute atomic E-state index is 10.6. The first-order valence-corrected chi connectivity index (χ1v) is 7.65. The molecule has 4 nitrogen and oxygen atoms in total. The molecule has 1 N–H and O–H groups in total. The van der Waals surface area contributed by atoms with Gasteiger partial charge in [0.1, 0.15) is 0 Å². The van der Waals surface area contributed by atoms with Gasteiger partial charge in [-0.1, -0.05) is 35.0 Å². The third-order valence-electron chi connectivity index (χ3n) is 3.32. The lowest BCUT2D eigenvalue weighted by atomic mass is 10.1. The topological polar surface area (TPSA) is 55.2 Å². The van der Waals surface area contributed by atoms with E-state index in [1.54, 1.807) is 12.1 Å². The number of nitrogens with zero attached hydrogens (tertiary/aromatic N) is 1. The summed E-state index contributed by atoms with van der Waals surface area (Å²) in [7, 11) is 0. The van der Waals surface area contributed by atoms with Gasteiger partial charge in [-0.3, -0.25) is 10.1 Å². The second-order valence-corrected chi connectivity index (χ2v) is 5.67. The zero-order valence-electron chi connectivity index (χ0n) is 11.8. The van der Waals surface area contributed by atoms with Gasteiger partial charge in [0.25, 0.3) is 5.69 Å². The van der Waals surface area contributed by atoms with Crippen LogP contribution in [0.15, 0.2) is 46.9 Å². The highest BCUT2D eigenvalue weighted by atomic mass is 79.9. The molecule has 0 heterocycles. The average molecular weight is 349 g/mol. The molecule has 21 heavy (non-hydrogen) atoms. The summed E-state index contributed by atoms with van der Waals surface area (Å²) in [6.07, 6.45) is 1.80. The van der Waals surface area contributed by atoms with Gasteiger partial charge in [-0.15, -0.1) is 0 Å². The lowest BCUT2D eigenvalue weighted by Gasteiger charge is -2.11. The molecule has 0 amide bonds. The van der Waals surface area contributed by atoms with Gasteiger partial charge in [-0.05, 0) is 42.2 Å². The summed E-state index contributed by atoms with van der Waals surface area (Å²) >= 11 is 3.48. The van der Waals surface area contributed by atoms with Crippen LogP contribution in [0, 0.1) is 10.1 Å². The molecule has 2 aromatic rings. The number of hydrogen-bond acceptors (Lipinski definition) is 3. The molecule has 0 spiro atoms. The third-order valence-corrected chi connectivity index (χ3v) is 3.82. The highest BCUT2D eigenvalue weighted by Crippen LogP contribution is 2.21. The van der Waals surface area contributed by atoms with E-state index in [-0.39, 0.29) is 10.6 Å². The Balaban J connectivity index is 1.93. The number of non-ortho nitro benzene ring substituents is 1. The second kappa shape index (κ2) is 7.22. The zero-order valence-corrected chi connectivity index (χ0v) is 13.4. The number of hydrogen-bond donors (Lipinski definition) is 1. The molecule has 0 aliphatic rings. The average Bonchev–Trinajstić information content (AvgIpc) is 2.49. The smallest absolute Gasteiger partial charge is 0.269 e. The van der Waals surface area contributed by atoms with Crippen LogP contribution >= 0.6 is 15.9 Å². The number of nitrogens with one attached hydrogen (secondary N) is 1. The maximum Gasteiger partial charge on any atom is 0.269 e. The van der Waals surface area contributed by atoms with E-state index in [9.17, 15) is 10.1 Å². The summed E-state index contributed by atoms with van der Waals surface area (Å²) in [6.45, 7) is 2.93. The van der Waals surface area contributed by atoms with Crippen LogP contribution in [0.5, 0.6) is 0 Å². The fourth-order valence-corrected chi connectivity index (χ4v) is 2.56. The molecule has 110 valence electrons. The predicted octanol–water partition coefficient (Wildman–Crippen LogP) is 4.57. The molecule has 0 atom stereocenters. The highest BCUT2D eigenvalue weighted by Gasteiger charge is 2.04. The molecule has 5 heteroatoms. The number of halogens is 1. The van der Waals surface area contributed by atoms with E-state index in [1.807, 2.05) is 18.2 Å². The van der Waals surface area contributed by atoms with Gasteiger partial charge in [0.2, 0.25) is 0 Å². The van der Waals surface area contributed by atoms with E-state index in [0.29, 0.717) is 0 Å². The minimum absolute atomic E-state index is 0.132. The summed E-state index contributed by atoms with van der Waals surface area (Å²) in [5.41, 5.74) is 3.63. The van der Waals surface area contributed by atoms with Crippen molar-refractivity contribution >= 4 is 27.3 Å². The van der Waals surface area contributed by atoms with Gasteiger partial charge >= 0.3 is 0 Å². The van der Waals surface area contributed by atoms with E-state index in [4.69, 9.17) is 0 Å². The first-order chi connectivity index (χ1) is 10.1. The first kappa shape index (κ1) is 15.5. The van der Waals surface area contributed by atoms with Crippen molar-refractivity contribution in [2.45, 2.75) is 19.8 Å². The van der Waals surface area contributed by atoms with Gasteiger partial charge in [0.15, 0.2) is 0 Å². The molecule has 0 saturated carbocycles. The Labute approximate surface area is 132 Å². The maximum atomic E-state index is 10.6. The Kier molecular flexibility index (Phi) is 5.33. The van der Waals surface area contributed by atoms with Crippen molar-refractivity contribution in [1.29, 1.82) is 0 Å². The molecule has 0 aromatic heterocycles. The standard InChI is InChI=1S/C16H17BrN2O2/c1-2-13-11-14(17)5-8-16(13)18-10-9-12-3-6-15(7-4-12)19(20)21/h3-8,11,18H,2,9-10H2,1H3. The molecule has 0 aliphatic heterocycles. The summed E-state index contributed by atoms with van der Waals surface area (Å²) in [5, 5.41) is 14.0. The van der Waals surface area contributed by atoms with Crippen molar-refractivity contribution < 1.29 is 4.92 Å². The Morgan fingerprint density at radius 2 is 1.90 bits per heavy atom. The van der Waals surface area contributed by atoms with Crippen molar-refractivity contribution in [2.24, 2.45) is 0 Å². The molecule has 2 aromatic carbocycles. The molecule has 0 unspecified atom stereocenters. The number of benzene rings is 2. The van der Waals surface area contributed by atoms with Crippen molar-refractivity contribution in [3.05, 3.63) is 68.2 Å². The number of aryl methyl sites for hydroxylation is 1. The van der Waals surface area contributed by atoms with Crippen molar-refractivity contribution in [3.8, 4) is 0 Å². The molecule has 0 bridgehead atoms. The van der Waals surface area contributed by atoms with Gasteiger partial charge in [-0.25, -0.2) is 0 Å². The number of rotatable bonds is 6. The monoisotopic (exact) mass is 348 g/mol. The van der Waals surface area contributed by atoms with Crippen molar-refractivity contribution in [3.63, 3.8) is 0 Å². The molecular weight excluding hydrogens is 332 g/mol. The molecule has 2 rings (SSSR count). The lowest BCUT2D eigenvalue weighted by Crippen LogP contribution is -2.06. The SMILES string of the molecule is CCc1cc(Br)ccc1NCCc1ccc([N+](=O)[O-])cc1. The normalized spacial score (nSPS) is 10.4. The summed E-state index contributed by atoms with van der Waals surface area (Å²) in [5.74, 6) is 0. The fraction of sp³-hybridized carbons (Fsp3) is 0.250. The van der Waals surface area contributed by atoms with E-state index < -0.39 is 0 Å². The molecule has 0 aliphatic carbocycles. The van der Waals surface area contributed by atoms with Gasteiger partial charge in [-0.2, -0.15) is 0 Å². The minimum Gasteiger partial charge on any atom is -0.384 e. The van der Waals surface area contributed by atoms with Gasteiger partial charge < -0.3 is 5.32 Å². The predicted molar refractivity (Wildman–Crippen MR) is 88.8 cm³/mol. The summed E-state index contributed by atoms with van der Waals surface area (Å²) in [6, 6.07) is 12.9. The Morgan fingerprint density at radius 1 is 1.19 bits per heavy atom. The van der Waals surface area contributed by atoms with E-state index >= 15 is 0 Å². The molecule has 0 saturated heterocycles. The number of nitro benzene ring substituents is 1. The summed E-state index contributed by atoms with van der Waals surface area (Å²) in [4.78, 5) is 10.2. The second-order valence-electron chi connectivity index (χ2n) is 4.76. The van der Waals surface area contributed by atoms with Crippen LogP contribution in [0.1, 0.15) is 18.1 Å². The van der Waals surface area contributed by atoms with Gasteiger partial charge in [0, 0.05) is 28.8 Å².